The van der Waals surface area contributed by atoms with Crippen LogP contribution in [0, 0.1) is 0 Å². The maximum absolute atomic E-state index is 12.6. The smallest absolute Gasteiger partial charge is 0.221 e. The average molecular weight is 341 g/mol. The van der Waals surface area contributed by atoms with E-state index in [0.29, 0.717) is 11.0 Å². The number of anilines is 1. The van der Waals surface area contributed by atoms with Crippen molar-refractivity contribution < 1.29 is 4.79 Å². The van der Waals surface area contributed by atoms with Crippen LogP contribution in [-0.2, 0) is 6.42 Å². The first-order chi connectivity index (χ1) is 11.8. The van der Waals surface area contributed by atoms with Gasteiger partial charge in [0.2, 0.25) is 5.78 Å². The Labute approximate surface area is 147 Å². The van der Waals surface area contributed by atoms with Crippen molar-refractivity contribution in [3.63, 3.8) is 0 Å². The molecule has 4 nitrogen and oxygen atoms in total. The van der Waals surface area contributed by atoms with Crippen LogP contribution in [0.15, 0.2) is 29.8 Å². The van der Waals surface area contributed by atoms with E-state index < -0.39 is 0 Å². The Balaban J connectivity index is 1.56. The fraction of sp³-hybridized carbons (Fsp3) is 0.474. The third-order valence-corrected chi connectivity index (χ3v) is 6.12. The standard InChI is InChI=1S/C19H23N3OS/c1-2-21-9-6-16(7-10-21)22-11-5-14-3-4-15(13-17(14)22)18(23)19-20-8-12-24-19/h3-4,8,12-13,16H,2,5-7,9-11H2,1H3. The van der Waals surface area contributed by atoms with Gasteiger partial charge in [-0.25, -0.2) is 4.98 Å². The first kappa shape index (κ1) is 15.8. The molecule has 2 aliphatic rings. The van der Waals surface area contributed by atoms with Crippen molar-refractivity contribution in [3.8, 4) is 0 Å². The summed E-state index contributed by atoms with van der Waals surface area (Å²) in [5.74, 6) is 0.0421. The number of thiazole rings is 1. The molecule has 24 heavy (non-hydrogen) atoms. The van der Waals surface area contributed by atoms with E-state index in [1.807, 2.05) is 11.4 Å². The fourth-order valence-electron chi connectivity index (χ4n) is 3.93. The highest BCUT2D eigenvalue weighted by atomic mass is 32.1. The van der Waals surface area contributed by atoms with Crippen LogP contribution in [0.2, 0.25) is 0 Å². The lowest BCUT2D eigenvalue weighted by Gasteiger charge is -2.37. The first-order valence-electron chi connectivity index (χ1n) is 8.82. The molecule has 126 valence electrons. The van der Waals surface area contributed by atoms with Crippen LogP contribution >= 0.6 is 11.3 Å². The molecule has 5 heteroatoms. The van der Waals surface area contributed by atoms with E-state index in [2.05, 4.69) is 33.8 Å². The molecule has 3 heterocycles. The summed E-state index contributed by atoms with van der Waals surface area (Å²) in [5.41, 5.74) is 3.41. The minimum Gasteiger partial charge on any atom is -0.368 e. The Bertz CT molecular complexity index is 720. The number of carbonyl (C=O) groups excluding carboxylic acids is 1. The van der Waals surface area contributed by atoms with Gasteiger partial charge in [-0.1, -0.05) is 19.1 Å². The average Bonchev–Trinajstić information content (AvgIpc) is 3.30. The molecule has 0 bridgehead atoms. The summed E-state index contributed by atoms with van der Waals surface area (Å²) in [5, 5.41) is 2.43. The zero-order valence-corrected chi connectivity index (χ0v) is 14.9. The summed E-state index contributed by atoms with van der Waals surface area (Å²) in [6.07, 6.45) is 5.23. The maximum Gasteiger partial charge on any atom is 0.221 e. The molecular formula is C19H23N3OS. The van der Waals surface area contributed by atoms with Gasteiger partial charge in [-0.15, -0.1) is 11.3 Å². The zero-order valence-electron chi connectivity index (χ0n) is 14.1. The number of nitrogens with zero attached hydrogens (tertiary/aromatic N) is 3. The highest BCUT2D eigenvalue weighted by Crippen LogP contribution is 2.34. The minimum absolute atomic E-state index is 0.0421. The van der Waals surface area contributed by atoms with Crippen LogP contribution in [0.3, 0.4) is 0 Å². The van der Waals surface area contributed by atoms with Crippen LogP contribution in [0.4, 0.5) is 5.69 Å². The van der Waals surface area contributed by atoms with Crippen LogP contribution in [0.5, 0.6) is 0 Å². The van der Waals surface area contributed by atoms with Crippen molar-refractivity contribution >= 4 is 22.8 Å². The van der Waals surface area contributed by atoms with Gasteiger partial charge in [0.1, 0.15) is 0 Å². The summed E-state index contributed by atoms with van der Waals surface area (Å²) >= 11 is 1.41. The van der Waals surface area contributed by atoms with Gasteiger partial charge in [0.05, 0.1) is 0 Å². The predicted molar refractivity (Wildman–Crippen MR) is 98.2 cm³/mol. The molecule has 1 fully saturated rings. The van der Waals surface area contributed by atoms with Crippen LogP contribution in [0.1, 0.15) is 40.7 Å². The van der Waals surface area contributed by atoms with Gasteiger partial charge in [0, 0.05) is 48.5 Å². The van der Waals surface area contributed by atoms with Crippen LogP contribution in [0.25, 0.3) is 0 Å². The van der Waals surface area contributed by atoms with Crippen molar-refractivity contribution in [2.45, 2.75) is 32.2 Å². The number of fused-ring (bicyclic) bond motifs is 1. The Morgan fingerprint density at radius 3 is 2.83 bits per heavy atom. The molecule has 1 saturated heterocycles. The van der Waals surface area contributed by atoms with Crippen molar-refractivity contribution in [1.29, 1.82) is 0 Å². The van der Waals surface area contributed by atoms with E-state index >= 15 is 0 Å². The molecule has 0 N–H and O–H groups in total. The summed E-state index contributed by atoms with van der Waals surface area (Å²) < 4.78 is 0. The van der Waals surface area contributed by atoms with E-state index in [-0.39, 0.29) is 5.78 Å². The van der Waals surface area contributed by atoms with Crippen molar-refractivity contribution in [2.75, 3.05) is 31.1 Å². The number of carbonyl (C=O) groups is 1. The Kier molecular flexibility index (Phi) is 4.37. The number of ketones is 1. The largest absolute Gasteiger partial charge is 0.368 e. The molecule has 0 saturated carbocycles. The molecule has 1 aromatic carbocycles. The molecule has 1 aromatic heterocycles. The SMILES string of the molecule is CCN1CCC(N2CCc3ccc(C(=O)c4nccs4)cc32)CC1. The van der Waals surface area contributed by atoms with Gasteiger partial charge in [-0.05, 0) is 37.4 Å². The topological polar surface area (TPSA) is 36.4 Å². The van der Waals surface area contributed by atoms with Gasteiger partial charge in [-0.2, -0.15) is 0 Å². The summed E-state index contributed by atoms with van der Waals surface area (Å²) in [6.45, 7) is 6.84. The Hall–Kier alpha value is -1.72. The van der Waals surface area contributed by atoms with Gasteiger partial charge in [-0.3, -0.25) is 4.79 Å². The highest BCUT2D eigenvalue weighted by Gasteiger charge is 2.29. The number of benzene rings is 1. The summed E-state index contributed by atoms with van der Waals surface area (Å²) in [4.78, 5) is 21.8. The predicted octanol–water partition coefficient (Wildman–Crippen LogP) is 3.22. The van der Waals surface area contributed by atoms with Gasteiger partial charge in [0.15, 0.2) is 5.01 Å². The lowest BCUT2D eigenvalue weighted by Crippen LogP contribution is -2.44. The molecule has 0 radical (unpaired) electrons. The van der Waals surface area contributed by atoms with Crippen LogP contribution < -0.4 is 4.90 Å². The van der Waals surface area contributed by atoms with E-state index in [0.717, 1.165) is 25.1 Å². The van der Waals surface area contributed by atoms with E-state index in [9.17, 15) is 4.79 Å². The summed E-state index contributed by atoms with van der Waals surface area (Å²) in [7, 11) is 0. The Morgan fingerprint density at radius 1 is 1.29 bits per heavy atom. The molecule has 0 atom stereocenters. The number of likely N-dealkylation sites (tertiary alicyclic amines) is 1. The number of piperidine rings is 1. The second-order valence-corrected chi connectivity index (χ2v) is 7.51. The zero-order chi connectivity index (χ0) is 16.5. The van der Waals surface area contributed by atoms with Crippen molar-refractivity contribution in [1.82, 2.24) is 9.88 Å². The third-order valence-electron chi connectivity index (χ3n) is 5.35. The normalized spacial score (nSPS) is 18.8. The first-order valence-corrected chi connectivity index (χ1v) is 9.70. The highest BCUT2D eigenvalue weighted by molar-refractivity contribution is 7.11. The minimum atomic E-state index is 0.0421. The molecule has 0 unspecified atom stereocenters. The second-order valence-electron chi connectivity index (χ2n) is 6.62. The number of aromatic nitrogens is 1. The molecule has 4 rings (SSSR count). The van der Waals surface area contributed by atoms with Crippen LogP contribution in [-0.4, -0.2) is 47.9 Å². The molecule has 0 amide bonds. The Morgan fingerprint density at radius 2 is 2.12 bits per heavy atom. The van der Waals surface area contributed by atoms with Crippen molar-refractivity contribution in [2.24, 2.45) is 0 Å². The lowest BCUT2D eigenvalue weighted by molar-refractivity contribution is 0.103. The molecule has 0 spiro atoms. The van der Waals surface area contributed by atoms with E-state index in [1.54, 1.807) is 6.20 Å². The van der Waals surface area contributed by atoms with Gasteiger partial charge >= 0.3 is 0 Å². The maximum atomic E-state index is 12.6. The summed E-state index contributed by atoms with van der Waals surface area (Å²) in [6, 6.07) is 6.81. The molecule has 0 aliphatic carbocycles. The quantitative estimate of drug-likeness (QED) is 0.800. The number of rotatable bonds is 4. The van der Waals surface area contributed by atoms with E-state index in [4.69, 9.17) is 0 Å². The van der Waals surface area contributed by atoms with Crippen molar-refractivity contribution in [3.05, 3.63) is 45.9 Å². The third kappa shape index (κ3) is 2.87. The number of hydrogen-bond donors (Lipinski definition) is 0. The molecule has 2 aliphatic heterocycles. The van der Waals surface area contributed by atoms with Gasteiger partial charge < -0.3 is 9.80 Å². The van der Waals surface area contributed by atoms with E-state index in [1.165, 1.54) is 48.5 Å². The lowest BCUT2D eigenvalue weighted by atomic mass is 10.0. The van der Waals surface area contributed by atoms with Gasteiger partial charge in [0.25, 0.3) is 0 Å². The molecule has 2 aromatic rings. The fourth-order valence-corrected chi connectivity index (χ4v) is 4.53. The number of hydrogen-bond acceptors (Lipinski definition) is 5. The second kappa shape index (κ2) is 6.65. The molecular weight excluding hydrogens is 318 g/mol. The monoisotopic (exact) mass is 341 g/mol.